The number of amides is 3. The topological polar surface area (TPSA) is 232 Å². The average molecular weight is 1260 g/mol. The van der Waals surface area contributed by atoms with Gasteiger partial charge < -0.3 is 54.4 Å². The van der Waals surface area contributed by atoms with Gasteiger partial charge in [-0.15, -0.1) is 13.2 Å². The molecule has 3 amide bonds. The molecule has 474 valence electrons. The van der Waals surface area contributed by atoms with Gasteiger partial charge in [0.05, 0.1) is 40.4 Å². The number of pyridine rings is 3. The molecule has 0 bridgehead atoms. The molecule has 3 heterocycles. The number of alkyl halides is 3. The van der Waals surface area contributed by atoms with Crippen molar-refractivity contribution in [2.24, 2.45) is 21.1 Å². The Morgan fingerprint density at radius 1 is 0.451 bits per heavy atom. The predicted octanol–water partition coefficient (Wildman–Crippen LogP) is 11.0. The van der Waals surface area contributed by atoms with Gasteiger partial charge in [0, 0.05) is 63.5 Å². The van der Waals surface area contributed by atoms with E-state index in [1.54, 1.807) is 45.0 Å². The van der Waals surface area contributed by atoms with Gasteiger partial charge in [0.2, 0.25) is 0 Å². The fourth-order valence-corrected chi connectivity index (χ4v) is 9.29. The first-order valence-electron chi connectivity index (χ1n) is 27.7. The van der Waals surface area contributed by atoms with Crippen LogP contribution in [0.4, 0.5) is 30.7 Å². The van der Waals surface area contributed by atoms with E-state index in [0.717, 1.165) is 32.4 Å². The van der Waals surface area contributed by atoms with E-state index in [9.17, 15) is 74.8 Å². The van der Waals surface area contributed by atoms with Crippen LogP contribution < -0.4 is 42.1 Å². The molecule has 0 spiro atoms. The Morgan fingerprint density at radius 3 is 1.25 bits per heavy atom. The molecule has 0 aliphatic rings. The van der Waals surface area contributed by atoms with Gasteiger partial charge in [0.15, 0.2) is 17.2 Å². The van der Waals surface area contributed by atoms with Crippen LogP contribution in [-0.2, 0) is 34.2 Å². The zero-order chi connectivity index (χ0) is 66.6. The Morgan fingerprint density at radius 2 is 0.846 bits per heavy atom. The Labute approximate surface area is 515 Å². The fourth-order valence-electron chi connectivity index (χ4n) is 9.29. The molecule has 0 aliphatic carbocycles. The van der Waals surface area contributed by atoms with Gasteiger partial charge in [0.1, 0.15) is 34.8 Å². The Bertz CT molecular complexity index is 4330. The standard InChI is InChI=1S/C23H22F2N2O4.C22H18F4N2O4.C22H21FN2O3/c1-14-9-15(11-17(25)10-14)20-13-19(21(28)23(30)27(20)2)22(29)26-7-4-8-31-18-6-3-5-16(24)12-18;1-12-6-14(9-15(23)7-12)18-10-17(19(29)21(31)28(18)2)20(30)27-11-13-4-3-5-16(8-13)32-22(24,25)26;1-13-4-6-15(7-5-13)12-24-21(27)18-11-19(25(3)22(28)20(18)26)16-8-14(2)9-17(23)10-16/h3,5-6,9-13,28H,4,7-8H2,1-2H3,(H,26,29);3-10,29H,11H2,1-2H3,(H,27,30);4-11,26H,12H2,1-3H3,(H,24,27). The first-order valence-corrected chi connectivity index (χ1v) is 27.7. The molecule has 0 unspecified atom stereocenters. The van der Waals surface area contributed by atoms with E-state index >= 15 is 0 Å². The summed E-state index contributed by atoms with van der Waals surface area (Å²) in [5.74, 6) is -6.12. The molecule has 24 heteroatoms. The van der Waals surface area contributed by atoms with Gasteiger partial charge in [-0.2, -0.15) is 0 Å². The third-order valence-electron chi connectivity index (χ3n) is 13.8. The largest absolute Gasteiger partial charge is 0.573 e. The second-order valence-corrected chi connectivity index (χ2v) is 21.0. The molecule has 6 N–H and O–H groups in total. The molecule has 3 aromatic heterocycles. The first-order chi connectivity index (χ1) is 43.0. The lowest BCUT2D eigenvalue weighted by atomic mass is 10.0. The maximum Gasteiger partial charge on any atom is 0.573 e. The number of ether oxygens (including phenoxy) is 2. The maximum atomic E-state index is 13.8. The molecule has 91 heavy (non-hydrogen) atoms. The van der Waals surface area contributed by atoms with E-state index in [-0.39, 0.29) is 48.6 Å². The molecular weight excluding hydrogens is 1200 g/mol. The van der Waals surface area contributed by atoms with Crippen molar-refractivity contribution in [1.29, 1.82) is 0 Å². The third kappa shape index (κ3) is 17.9. The molecule has 0 atom stereocenters. The average Bonchev–Trinajstić information content (AvgIpc) is 0.972. The zero-order valence-corrected chi connectivity index (χ0v) is 50.0. The van der Waals surface area contributed by atoms with E-state index in [0.29, 0.717) is 62.5 Å². The summed E-state index contributed by atoms with van der Waals surface area (Å²) in [5.41, 5.74) is 3.18. The Kier molecular flexibility index (Phi) is 21.8. The summed E-state index contributed by atoms with van der Waals surface area (Å²) in [6.07, 6.45) is -4.44. The maximum absolute atomic E-state index is 13.8. The van der Waals surface area contributed by atoms with Crippen molar-refractivity contribution in [3.05, 3.63) is 250 Å². The van der Waals surface area contributed by atoms with Crippen LogP contribution in [0.15, 0.2) is 160 Å². The second kappa shape index (κ2) is 29.4. The number of hydrogen-bond acceptors (Lipinski definition) is 11. The van der Waals surface area contributed by atoms with Crippen molar-refractivity contribution >= 4 is 17.7 Å². The predicted molar refractivity (Wildman–Crippen MR) is 326 cm³/mol. The van der Waals surface area contributed by atoms with Crippen LogP contribution in [-0.4, -0.2) is 66.3 Å². The molecule has 9 aromatic rings. The molecule has 0 fully saturated rings. The highest BCUT2D eigenvalue weighted by molar-refractivity contribution is 5.99. The summed E-state index contributed by atoms with van der Waals surface area (Å²) in [7, 11) is 4.26. The van der Waals surface area contributed by atoms with Gasteiger partial charge in [-0.25, -0.2) is 17.6 Å². The smallest absolute Gasteiger partial charge is 0.502 e. The number of nitrogens with zero attached hydrogens (tertiary/aromatic N) is 3. The number of carbonyl (C=O) groups excluding carboxylic acids is 3. The minimum Gasteiger partial charge on any atom is -0.502 e. The van der Waals surface area contributed by atoms with Gasteiger partial charge >= 0.3 is 6.36 Å². The monoisotopic (exact) mass is 1260 g/mol. The summed E-state index contributed by atoms with van der Waals surface area (Å²) in [6.45, 7) is 7.58. The minimum atomic E-state index is -4.86. The van der Waals surface area contributed by atoms with Crippen LogP contribution in [0.5, 0.6) is 28.7 Å². The van der Waals surface area contributed by atoms with Crippen molar-refractivity contribution in [3.8, 4) is 62.5 Å². The summed E-state index contributed by atoms with van der Waals surface area (Å²) in [4.78, 5) is 75.0. The van der Waals surface area contributed by atoms with Crippen LogP contribution in [0.25, 0.3) is 33.8 Å². The van der Waals surface area contributed by atoms with E-state index in [2.05, 4.69) is 20.7 Å². The number of aryl methyl sites for hydroxylation is 4. The zero-order valence-electron chi connectivity index (χ0n) is 50.0. The SMILES string of the molecule is Cc1cc(F)cc(-c2cc(C(=O)NCCCOc3cccc(F)c3)c(O)c(=O)n2C)c1.Cc1cc(F)cc(-c2cc(C(=O)NCc3cccc(OC(F)(F)F)c3)c(O)c(=O)n2C)c1.Cc1ccc(CNC(=O)c2cc(-c3cc(C)cc(F)c3)n(C)c(=O)c2O)cc1. The first kappa shape index (κ1) is 67.6. The lowest BCUT2D eigenvalue weighted by Crippen LogP contribution is -2.29. The molecule has 9 rings (SSSR count). The second-order valence-electron chi connectivity index (χ2n) is 21.0. The Balaban J connectivity index is 0.000000194. The number of carbonyl (C=O) groups is 3. The van der Waals surface area contributed by atoms with Gasteiger partial charge in [-0.1, -0.05) is 48.0 Å². The summed E-state index contributed by atoms with van der Waals surface area (Å²) >= 11 is 0. The van der Waals surface area contributed by atoms with Crippen molar-refractivity contribution < 1.29 is 69.9 Å². The molecule has 0 aliphatic heterocycles. The van der Waals surface area contributed by atoms with Crippen LogP contribution in [0.2, 0.25) is 0 Å². The normalized spacial score (nSPS) is 10.9. The number of rotatable bonds is 16. The fraction of sp³-hybridized carbons (Fsp3) is 0.194. The van der Waals surface area contributed by atoms with Crippen molar-refractivity contribution in [2.75, 3.05) is 13.2 Å². The lowest BCUT2D eigenvalue weighted by Gasteiger charge is -2.14. The van der Waals surface area contributed by atoms with Crippen molar-refractivity contribution in [1.82, 2.24) is 29.7 Å². The highest BCUT2D eigenvalue weighted by Gasteiger charge is 2.31. The molecule has 0 radical (unpaired) electrons. The third-order valence-corrected chi connectivity index (χ3v) is 13.8. The molecule has 0 saturated heterocycles. The van der Waals surface area contributed by atoms with Crippen molar-refractivity contribution in [3.63, 3.8) is 0 Å². The van der Waals surface area contributed by atoms with E-state index in [1.807, 2.05) is 31.2 Å². The van der Waals surface area contributed by atoms with Crippen LogP contribution in [0, 0.1) is 51.0 Å². The number of nitrogens with one attached hydrogen (secondary N) is 3. The molecule has 17 nitrogen and oxygen atoms in total. The van der Waals surface area contributed by atoms with E-state index in [1.165, 1.54) is 111 Å². The quantitative estimate of drug-likeness (QED) is 0.0393. The lowest BCUT2D eigenvalue weighted by molar-refractivity contribution is -0.274. The Hall–Kier alpha value is -10.9. The van der Waals surface area contributed by atoms with Crippen LogP contribution in [0.3, 0.4) is 0 Å². The van der Waals surface area contributed by atoms with Gasteiger partial charge in [-0.3, -0.25) is 28.8 Å². The van der Waals surface area contributed by atoms with Gasteiger partial charge in [0.25, 0.3) is 34.4 Å². The summed E-state index contributed by atoms with van der Waals surface area (Å²) in [5, 5.41) is 38.3. The number of hydrogen-bond donors (Lipinski definition) is 6. The number of aromatic nitrogens is 3. The molecular formula is C67H61F7N6O11. The van der Waals surface area contributed by atoms with Crippen LogP contribution >= 0.6 is 0 Å². The summed E-state index contributed by atoms with van der Waals surface area (Å²) in [6, 6.07) is 35.1. The highest BCUT2D eigenvalue weighted by Crippen LogP contribution is 2.29. The van der Waals surface area contributed by atoms with Crippen LogP contribution in [0.1, 0.15) is 70.9 Å². The van der Waals surface area contributed by atoms with Crippen molar-refractivity contribution in [2.45, 2.75) is 53.6 Å². The van der Waals surface area contributed by atoms with E-state index in [4.69, 9.17) is 4.74 Å². The minimum absolute atomic E-state index is 0.146. The van der Waals surface area contributed by atoms with E-state index < -0.39 is 87.0 Å². The highest BCUT2D eigenvalue weighted by atomic mass is 19.4. The number of aromatic hydroxyl groups is 3. The number of halogens is 7. The molecule has 6 aromatic carbocycles. The number of benzene rings is 6. The van der Waals surface area contributed by atoms with Gasteiger partial charge in [-0.05, 0) is 159 Å². The molecule has 0 saturated carbocycles. The summed E-state index contributed by atoms with van der Waals surface area (Å²) < 4.78 is 104.